The standard InChI is InChI=1S/C9H16O3.C2H6.CH2O/c1-6-2-3-8(9(11)12)7(4-6)5-10;2*1-2/h2,7-12H,3-5H2,1H3;1-2H3;1H2/t7-,8?;;/m0../s1. The van der Waals surface area contributed by atoms with Gasteiger partial charge in [-0.25, -0.2) is 0 Å². The molecule has 16 heavy (non-hydrogen) atoms. The number of carbonyl (C=O) groups excluding carboxylic acids is 1. The average molecular weight is 232 g/mol. The van der Waals surface area contributed by atoms with Gasteiger partial charge < -0.3 is 20.1 Å². The molecule has 1 rings (SSSR count). The number of rotatable bonds is 2. The van der Waals surface area contributed by atoms with Crippen molar-refractivity contribution in [1.82, 2.24) is 0 Å². The maximum absolute atomic E-state index is 8.98. The number of hydrogen-bond acceptors (Lipinski definition) is 4. The van der Waals surface area contributed by atoms with Gasteiger partial charge in [0.15, 0.2) is 6.29 Å². The Morgan fingerprint density at radius 1 is 1.44 bits per heavy atom. The molecule has 0 saturated carbocycles. The Kier molecular flexibility index (Phi) is 11.9. The molecule has 0 amide bonds. The number of allylic oxidation sites excluding steroid dienone is 2. The average Bonchev–Trinajstić information content (AvgIpc) is 2.33. The van der Waals surface area contributed by atoms with E-state index in [9.17, 15) is 0 Å². The Hall–Kier alpha value is -0.710. The first-order chi connectivity index (χ1) is 7.65. The third-order valence-electron chi connectivity index (χ3n) is 2.55. The van der Waals surface area contributed by atoms with Crippen LogP contribution in [0, 0.1) is 11.8 Å². The molecular formula is C12H24O4. The van der Waals surface area contributed by atoms with Crippen molar-refractivity contribution < 1.29 is 20.1 Å². The van der Waals surface area contributed by atoms with Crippen LogP contribution in [0.25, 0.3) is 0 Å². The normalized spacial score (nSPS) is 23.6. The molecule has 0 spiro atoms. The fourth-order valence-corrected chi connectivity index (χ4v) is 1.74. The van der Waals surface area contributed by atoms with Gasteiger partial charge in [-0.05, 0) is 25.7 Å². The fraction of sp³-hybridized carbons (Fsp3) is 0.750. The van der Waals surface area contributed by atoms with E-state index >= 15 is 0 Å². The van der Waals surface area contributed by atoms with Crippen molar-refractivity contribution in [2.24, 2.45) is 11.8 Å². The van der Waals surface area contributed by atoms with E-state index in [1.54, 1.807) is 0 Å². The van der Waals surface area contributed by atoms with E-state index in [0.29, 0.717) is 6.42 Å². The predicted molar refractivity (Wildman–Crippen MR) is 63.8 cm³/mol. The third-order valence-corrected chi connectivity index (χ3v) is 2.55. The molecule has 0 aromatic heterocycles. The summed E-state index contributed by atoms with van der Waals surface area (Å²) in [6, 6.07) is 0. The summed E-state index contributed by atoms with van der Waals surface area (Å²) in [6.45, 7) is 8.04. The van der Waals surface area contributed by atoms with E-state index in [0.717, 1.165) is 6.42 Å². The van der Waals surface area contributed by atoms with E-state index in [1.807, 2.05) is 33.6 Å². The minimum absolute atomic E-state index is 0.00926. The van der Waals surface area contributed by atoms with Gasteiger partial charge >= 0.3 is 0 Å². The number of carbonyl (C=O) groups is 1. The van der Waals surface area contributed by atoms with Gasteiger partial charge in [-0.2, -0.15) is 0 Å². The van der Waals surface area contributed by atoms with Crippen LogP contribution in [0.3, 0.4) is 0 Å². The van der Waals surface area contributed by atoms with Gasteiger partial charge in [-0.3, -0.25) is 0 Å². The summed E-state index contributed by atoms with van der Waals surface area (Å²) in [5, 5.41) is 26.9. The van der Waals surface area contributed by atoms with Gasteiger partial charge in [0.1, 0.15) is 6.79 Å². The summed E-state index contributed by atoms with van der Waals surface area (Å²) in [5.41, 5.74) is 1.23. The van der Waals surface area contributed by atoms with Crippen molar-refractivity contribution in [3.05, 3.63) is 11.6 Å². The van der Waals surface area contributed by atoms with Crippen LogP contribution in [0.2, 0.25) is 0 Å². The molecule has 0 aromatic rings. The molecule has 0 bridgehead atoms. The number of aliphatic hydroxyl groups excluding tert-OH is 2. The minimum atomic E-state index is -1.30. The van der Waals surface area contributed by atoms with E-state index in [4.69, 9.17) is 20.1 Å². The van der Waals surface area contributed by atoms with Crippen LogP contribution in [0.5, 0.6) is 0 Å². The zero-order valence-electron chi connectivity index (χ0n) is 10.4. The second kappa shape index (κ2) is 10.8. The van der Waals surface area contributed by atoms with Crippen LogP contribution in [0.4, 0.5) is 0 Å². The van der Waals surface area contributed by atoms with Gasteiger partial charge in [0.25, 0.3) is 0 Å². The van der Waals surface area contributed by atoms with Crippen LogP contribution in [0.15, 0.2) is 11.6 Å². The SMILES string of the molecule is C=O.CC.CC1=CCC(C(O)O)[C@H](CO)C1. The number of hydrogen-bond donors (Lipinski definition) is 3. The quantitative estimate of drug-likeness (QED) is 0.492. The molecule has 1 aliphatic carbocycles. The summed E-state index contributed by atoms with van der Waals surface area (Å²) in [7, 11) is 0. The molecule has 1 aliphatic rings. The molecule has 0 radical (unpaired) electrons. The Bertz CT molecular complexity index is 189. The molecule has 0 aliphatic heterocycles. The second-order valence-electron chi connectivity index (χ2n) is 3.51. The lowest BCUT2D eigenvalue weighted by Gasteiger charge is -2.30. The maximum atomic E-state index is 8.98. The highest BCUT2D eigenvalue weighted by molar-refractivity contribution is 5.11. The molecule has 0 aromatic carbocycles. The van der Waals surface area contributed by atoms with Crippen molar-refractivity contribution in [3.63, 3.8) is 0 Å². The predicted octanol–water partition coefficient (Wildman–Crippen LogP) is 1.10. The van der Waals surface area contributed by atoms with Crippen molar-refractivity contribution in [3.8, 4) is 0 Å². The highest BCUT2D eigenvalue weighted by atomic mass is 16.5. The molecular weight excluding hydrogens is 208 g/mol. The maximum Gasteiger partial charge on any atom is 0.154 e. The molecule has 96 valence electrons. The molecule has 3 N–H and O–H groups in total. The smallest absolute Gasteiger partial charge is 0.154 e. The summed E-state index contributed by atoms with van der Waals surface area (Å²) >= 11 is 0. The molecule has 1 unspecified atom stereocenters. The Morgan fingerprint density at radius 2 is 1.94 bits per heavy atom. The summed E-state index contributed by atoms with van der Waals surface area (Å²) in [4.78, 5) is 8.00. The largest absolute Gasteiger partial charge is 0.396 e. The molecule has 0 fully saturated rings. The van der Waals surface area contributed by atoms with Crippen LogP contribution in [-0.2, 0) is 4.79 Å². The molecule has 0 saturated heterocycles. The summed E-state index contributed by atoms with van der Waals surface area (Å²) in [6.07, 6.45) is 2.15. The van der Waals surface area contributed by atoms with Gasteiger partial charge in [-0.1, -0.05) is 25.5 Å². The molecule has 0 heterocycles. The first-order valence-corrected chi connectivity index (χ1v) is 5.56. The molecule has 4 heteroatoms. The van der Waals surface area contributed by atoms with E-state index in [-0.39, 0.29) is 18.4 Å². The highest BCUT2D eigenvalue weighted by Gasteiger charge is 2.28. The van der Waals surface area contributed by atoms with Gasteiger partial charge in [0.05, 0.1) is 0 Å². The van der Waals surface area contributed by atoms with Gasteiger partial charge in [0.2, 0.25) is 0 Å². The lowest BCUT2D eigenvalue weighted by atomic mass is 9.80. The fourth-order valence-electron chi connectivity index (χ4n) is 1.74. The topological polar surface area (TPSA) is 77.8 Å². The minimum Gasteiger partial charge on any atom is -0.396 e. The van der Waals surface area contributed by atoms with Crippen molar-refractivity contribution in [1.29, 1.82) is 0 Å². The van der Waals surface area contributed by atoms with E-state index in [1.165, 1.54) is 5.57 Å². The lowest BCUT2D eigenvalue weighted by Crippen LogP contribution is -2.31. The molecule has 4 nitrogen and oxygen atoms in total. The van der Waals surface area contributed by atoms with Crippen LogP contribution in [-0.4, -0.2) is 35.0 Å². The second-order valence-corrected chi connectivity index (χ2v) is 3.51. The van der Waals surface area contributed by atoms with Crippen LogP contribution >= 0.6 is 0 Å². The van der Waals surface area contributed by atoms with E-state index < -0.39 is 6.29 Å². The monoisotopic (exact) mass is 232 g/mol. The van der Waals surface area contributed by atoms with Crippen LogP contribution in [0.1, 0.15) is 33.6 Å². The Balaban J connectivity index is 0. The summed E-state index contributed by atoms with van der Waals surface area (Å²) in [5.74, 6) is -0.186. The van der Waals surface area contributed by atoms with Gasteiger partial charge in [0, 0.05) is 12.5 Å². The van der Waals surface area contributed by atoms with Crippen molar-refractivity contribution in [2.75, 3.05) is 6.61 Å². The Morgan fingerprint density at radius 3 is 2.31 bits per heavy atom. The van der Waals surface area contributed by atoms with Gasteiger partial charge in [-0.15, -0.1) is 0 Å². The van der Waals surface area contributed by atoms with Crippen molar-refractivity contribution >= 4 is 6.79 Å². The Labute approximate surface area is 97.6 Å². The van der Waals surface area contributed by atoms with Crippen LogP contribution < -0.4 is 0 Å². The first-order valence-electron chi connectivity index (χ1n) is 5.56. The third kappa shape index (κ3) is 6.00. The lowest BCUT2D eigenvalue weighted by molar-refractivity contribution is -0.107. The zero-order chi connectivity index (χ0) is 13.1. The molecule has 2 atom stereocenters. The summed E-state index contributed by atoms with van der Waals surface area (Å²) < 4.78 is 0. The first kappa shape index (κ1) is 17.7. The van der Waals surface area contributed by atoms with E-state index in [2.05, 4.69) is 0 Å². The highest BCUT2D eigenvalue weighted by Crippen LogP contribution is 2.30. The number of aliphatic hydroxyl groups is 3. The zero-order valence-corrected chi connectivity index (χ0v) is 10.4. The van der Waals surface area contributed by atoms with Crippen molar-refractivity contribution in [2.45, 2.75) is 39.9 Å².